The third-order valence-corrected chi connectivity index (χ3v) is 5.25. The number of nitrogens with one attached hydrogen (secondary N) is 1. The standard InChI is InChI=1S/C21H26F3N3O2/c1-11(2)15-8-16(12(3)7-18(15)28)25-20(29)13(4)10-27-17(14-5-6-14)9-19(26-27)21(22,23)24/h7-9,11,13-14,28H,5-6,10H2,1-4H3,(H,25,29). The molecule has 3 rings (SSSR count). The highest BCUT2D eigenvalue weighted by atomic mass is 19.4. The quantitative estimate of drug-likeness (QED) is 0.645. The molecule has 1 aromatic heterocycles. The molecule has 2 N–H and O–H groups in total. The monoisotopic (exact) mass is 409 g/mol. The minimum atomic E-state index is -4.50. The second kappa shape index (κ2) is 7.72. The van der Waals surface area contributed by atoms with Gasteiger partial charge in [0.05, 0.1) is 12.5 Å². The van der Waals surface area contributed by atoms with Crippen molar-refractivity contribution >= 4 is 11.6 Å². The number of benzene rings is 1. The van der Waals surface area contributed by atoms with Crippen LogP contribution in [0.3, 0.4) is 0 Å². The fraction of sp³-hybridized carbons (Fsp3) is 0.524. The zero-order valence-electron chi connectivity index (χ0n) is 17.0. The first-order chi connectivity index (χ1) is 13.5. The number of carbonyl (C=O) groups is 1. The Morgan fingerprint density at radius 3 is 2.48 bits per heavy atom. The van der Waals surface area contributed by atoms with Crippen molar-refractivity contribution in [3.05, 3.63) is 40.7 Å². The van der Waals surface area contributed by atoms with E-state index in [9.17, 15) is 23.1 Å². The zero-order valence-corrected chi connectivity index (χ0v) is 17.0. The van der Waals surface area contributed by atoms with Gasteiger partial charge in [-0.05, 0) is 55.0 Å². The lowest BCUT2D eigenvalue weighted by Gasteiger charge is -2.17. The summed E-state index contributed by atoms with van der Waals surface area (Å²) >= 11 is 0. The summed E-state index contributed by atoms with van der Waals surface area (Å²) in [5.41, 5.74) is 1.64. The largest absolute Gasteiger partial charge is 0.508 e. The molecule has 1 aliphatic carbocycles. The van der Waals surface area contributed by atoms with Gasteiger partial charge in [0.2, 0.25) is 5.91 Å². The minimum Gasteiger partial charge on any atom is -0.508 e. The van der Waals surface area contributed by atoms with Crippen LogP contribution >= 0.6 is 0 Å². The van der Waals surface area contributed by atoms with Crippen LogP contribution < -0.4 is 5.32 Å². The van der Waals surface area contributed by atoms with Gasteiger partial charge in [0.1, 0.15) is 5.75 Å². The van der Waals surface area contributed by atoms with Gasteiger partial charge >= 0.3 is 6.18 Å². The Morgan fingerprint density at radius 2 is 1.93 bits per heavy atom. The van der Waals surface area contributed by atoms with Crippen LogP contribution in [-0.4, -0.2) is 20.8 Å². The lowest BCUT2D eigenvalue weighted by molar-refractivity contribution is -0.141. The molecule has 2 aromatic rings. The third-order valence-electron chi connectivity index (χ3n) is 5.25. The fourth-order valence-electron chi connectivity index (χ4n) is 3.33. The molecular weight excluding hydrogens is 383 g/mol. The van der Waals surface area contributed by atoms with Crippen LogP contribution in [0.1, 0.15) is 68.0 Å². The van der Waals surface area contributed by atoms with Crippen LogP contribution in [-0.2, 0) is 17.5 Å². The molecular formula is C21H26F3N3O2. The lowest BCUT2D eigenvalue weighted by Crippen LogP contribution is -2.26. The van der Waals surface area contributed by atoms with E-state index >= 15 is 0 Å². The number of amides is 1. The third kappa shape index (κ3) is 4.74. The highest BCUT2D eigenvalue weighted by molar-refractivity contribution is 5.93. The first-order valence-electron chi connectivity index (χ1n) is 9.76. The van der Waals surface area contributed by atoms with Gasteiger partial charge in [0, 0.05) is 17.3 Å². The van der Waals surface area contributed by atoms with Gasteiger partial charge < -0.3 is 10.4 Å². The van der Waals surface area contributed by atoms with Crippen LogP contribution in [0.5, 0.6) is 5.75 Å². The summed E-state index contributed by atoms with van der Waals surface area (Å²) in [5.74, 6) is -0.547. The summed E-state index contributed by atoms with van der Waals surface area (Å²) < 4.78 is 40.5. The number of rotatable bonds is 6. The average molecular weight is 409 g/mol. The number of halogens is 3. The molecule has 1 fully saturated rings. The number of aryl methyl sites for hydroxylation is 1. The second-order valence-corrected chi connectivity index (χ2v) is 8.18. The van der Waals surface area contributed by atoms with E-state index in [0.29, 0.717) is 16.9 Å². The Labute approximate surface area is 167 Å². The maximum atomic E-state index is 13.1. The van der Waals surface area contributed by atoms with E-state index in [1.54, 1.807) is 26.0 Å². The van der Waals surface area contributed by atoms with Gasteiger partial charge in [0.25, 0.3) is 0 Å². The lowest BCUT2D eigenvalue weighted by atomic mass is 9.99. The van der Waals surface area contributed by atoms with Gasteiger partial charge in [-0.15, -0.1) is 0 Å². The van der Waals surface area contributed by atoms with Crippen molar-refractivity contribution in [2.45, 2.75) is 65.1 Å². The van der Waals surface area contributed by atoms with Crippen LogP contribution in [0.25, 0.3) is 0 Å². The van der Waals surface area contributed by atoms with Crippen LogP contribution in [0.2, 0.25) is 0 Å². The second-order valence-electron chi connectivity index (χ2n) is 8.18. The van der Waals surface area contributed by atoms with Gasteiger partial charge in [-0.3, -0.25) is 9.48 Å². The van der Waals surface area contributed by atoms with Crippen LogP contribution in [0, 0.1) is 12.8 Å². The first kappa shape index (κ1) is 21.2. The molecule has 1 aromatic carbocycles. The summed E-state index contributed by atoms with van der Waals surface area (Å²) in [6.45, 7) is 7.39. The van der Waals surface area contributed by atoms with E-state index in [2.05, 4.69) is 10.4 Å². The summed E-state index contributed by atoms with van der Waals surface area (Å²) in [6, 6.07) is 4.44. The SMILES string of the molecule is Cc1cc(O)c(C(C)C)cc1NC(=O)C(C)Cn1nc(C(F)(F)F)cc1C1CC1. The molecule has 8 heteroatoms. The molecule has 1 aliphatic rings. The number of anilines is 1. The molecule has 0 radical (unpaired) electrons. The number of alkyl halides is 3. The van der Waals surface area contributed by atoms with Crippen LogP contribution in [0.4, 0.5) is 18.9 Å². The molecule has 0 aliphatic heterocycles. The Morgan fingerprint density at radius 1 is 1.28 bits per heavy atom. The highest BCUT2D eigenvalue weighted by Gasteiger charge is 2.38. The maximum Gasteiger partial charge on any atom is 0.435 e. The number of nitrogens with zero attached hydrogens (tertiary/aromatic N) is 2. The predicted octanol–water partition coefficient (Wildman–Crippen LogP) is 5.19. The Kier molecular flexibility index (Phi) is 5.65. The topological polar surface area (TPSA) is 67.2 Å². The molecule has 0 bridgehead atoms. The Hall–Kier alpha value is -2.51. The van der Waals surface area contributed by atoms with Crippen LogP contribution in [0.15, 0.2) is 18.2 Å². The van der Waals surface area contributed by atoms with Gasteiger partial charge in [-0.1, -0.05) is 20.8 Å². The van der Waals surface area contributed by atoms with Crippen molar-refractivity contribution in [3.8, 4) is 5.75 Å². The Bertz CT molecular complexity index is 915. The Balaban J connectivity index is 1.77. The molecule has 1 saturated carbocycles. The number of phenolic OH excluding ortho intramolecular Hbond substituents is 1. The molecule has 0 spiro atoms. The van der Waals surface area contributed by atoms with Crippen molar-refractivity contribution in [1.82, 2.24) is 9.78 Å². The fourth-order valence-corrected chi connectivity index (χ4v) is 3.33. The predicted molar refractivity (Wildman–Crippen MR) is 104 cm³/mol. The van der Waals surface area contributed by atoms with Crippen molar-refractivity contribution < 1.29 is 23.1 Å². The highest BCUT2D eigenvalue weighted by Crippen LogP contribution is 2.42. The van der Waals surface area contributed by atoms with E-state index in [-0.39, 0.29) is 30.0 Å². The molecule has 29 heavy (non-hydrogen) atoms. The van der Waals surface area contributed by atoms with Gasteiger partial charge in [-0.25, -0.2) is 0 Å². The van der Waals surface area contributed by atoms with Crippen molar-refractivity contribution in [2.75, 3.05) is 5.32 Å². The molecule has 158 valence electrons. The van der Waals surface area contributed by atoms with Gasteiger partial charge in [-0.2, -0.15) is 18.3 Å². The molecule has 1 atom stereocenters. The van der Waals surface area contributed by atoms with E-state index in [1.807, 2.05) is 13.8 Å². The smallest absolute Gasteiger partial charge is 0.435 e. The number of hydrogen-bond donors (Lipinski definition) is 2. The van der Waals surface area contributed by atoms with E-state index < -0.39 is 17.8 Å². The zero-order chi connectivity index (χ0) is 21.5. The average Bonchev–Trinajstić information content (AvgIpc) is 3.36. The first-order valence-corrected chi connectivity index (χ1v) is 9.76. The number of carbonyl (C=O) groups excluding carboxylic acids is 1. The number of hydrogen-bond acceptors (Lipinski definition) is 3. The van der Waals surface area contributed by atoms with Crippen molar-refractivity contribution in [2.24, 2.45) is 5.92 Å². The number of aromatic nitrogens is 2. The summed E-state index contributed by atoms with van der Waals surface area (Å²) in [6.07, 6.45) is -2.82. The maximum absolute atomic E-state index is 13.1. The molecule has 5 nitrogen and oxygen atoms in total. The van der Waals surface area contributed by atoms with E-state index in [0.717, 1.165) is 24.5 Å². The molecule has 1 amide bonds. The minimum absolute atomic E-state index is 0.0713. The summed E-state index contributed by atoms with van der Waals surface area (Å²) in [5, 5.41) is 16.6. The number of phenols is 1. The normalized spacial score (nSPS) is 15.6. The molecule has 1 unspecified atom stereocenters. The van der Waals surface area contributed by atoms with Gasteiger partial charge in [0.15, 0.2) is 5.69 Å². The van der Waals surface area contributed by atoms with Crippen molar-refractivity contribution in [3.63, 3.8) is 0 Å². The number of aromatic hydroxyl groups is 1. The summed E-state index contributed by atoms with van der Waals surface area (Å²) in [4.78, 5) is 12.7. The van der Waals surface area contributed by atoms with E-state index in [4.69, 9.17) is 0 Å². The molecule has 1 heterocycles. The molecule has 0 saturated heterocycles. The summed E-state index contributed by atoms with van der Waals surface area (Å²) in [7, 11) is 0. The van der Waals surface area contributed by atoms with Crippen molar-refractivity contribution in [1.29, 1.82) is 0 Å². The van der Waals surface area contributed by atoms with E-state index in [1.165, 1.54) is 4.68 Å².